The highest BCUT2D eigenvalue weighted by Gasteiger charge is 2.10. The lowest BCUT2D eigenvalue weighted by atomic mass is 10.2. The maximum atomic E-state index is 11.5. The van der Waals surface area contributed by atoms with Crippen molar-refractivity contribution in [3.63, 3.8) is 0 Å². The Bertz CT molecular complexity index is 938. The fourth-order valence-corrected chi connectivity index (χ4v) is 2.92. The van der Waals surface area contributed by atoms with Crippen molar-refractivity contribution in [3.8, 4) is 5.75 Å². The van der Waals surface area contributed by atoms with Gasteiger partial charge in [0.1, 0.15) is 12.4 Å². The summed E-state index contributed by atoms with van der Waals surface area (Å²) >= 11 is 0.862. The minimum absolute atomic E-state index is 0.0264. The first-order chi connectivity index (χ1) is 13.1. The molecule has 0 aliphatic carbocycles. The number of thioether (sulfide) groups is 1. The zero-order chi connectivity index (χ0) is 19.1. The molecule has 1 heterocycles. The number of benzene rings is 2. The van der Waals surface area contributed by atoms with Gasteiger partial charge in [0.2, 0.25) is 5.89 Å². The molecule has 0 fully saturated rings. The highest BCUT2D eigenvalue weighted by Crippen LogP contribution is 2.28. The van der Waals surface area contributed by atoms with Crippen molar-refractivity contribution in [2.45, 2.75) is 25.2 Å². The highest BCUT2D eigenvalue weighted by molar-refractivity contribution is 8.03. The van der Waals surface area contributed by atoms with Crippen LogP contribution in [0.25, 0.3) is 6.08 Å². The Morgan fingerprint density at radius 3 is 2.70 bits per heavy atom. The molecule has 0 N–H and O–H groups in total. The molecule has 6 nitrogen and oxygen atoms in total. The number of rotatable bonds is 8. The molecule has 0 saturated heterocycles. The summed E-state index contributed by atoms with van der Waals surface area (Å²) in [5.74, 6) is -0.222. The van der Waals surface area contributed by atoms with Gasteiger partial charge in [0, 0.05) is 11.3 Å². The zero-order valence-electron chi connectivity index (χ0n) is 14.6. The molecule has 0 atom stereocenters. The number of carbonyl (C=O) groups is 1. The maximum absolute atomic E-state index is 11.5. The van der Waals surface area contributed by atoms with Crippen LogP contribution < -0.4 is 9.84 Å². The Balaban J connectivity index is 1.73. The summed E-state index contributed by atoms with van der Waals surface area (Å²) in [7, 11) is 0. The van der Waals surface area contributed by atoms with Gasteiger partial charge in [-0.3, -0.25) is 0 Å². The molecular formula is C20H17N2O4S-. The number of carboxylic acid groups (broad SMARTS) is 1. The van der Waals surface area contributed by atoms with Crippen LogP contribution in [0.1, 0.15) is 23.9 Å². The number of aromatic nitrogens is 2. The molecule has 138 valence electrons. The van der Waals surface area contributed by atoms with E-state index in [-0.39, 0.29) is 10.1 Å². The molecule has 3 aromatic rings. The highest BCUT2D eigenvalue weighted by atomic mass is 32.2. The van der Waals surface area contributed by atoms with Crippen LogP contribution in [0.3, 0.4) is 0 Å². The van der Waals surface area contributed by atoms with Crippen molar-refractivity contribution in [1.82, 2.24) is 10.2 Å². The molecule has 0 bridgehead atoms. The van der Waals surface area contributed by atoms with Crippen molar-refractivity contribution >= 4 is 23.8 Å². The molecule has 0 aliphatic rings. The van der Waals surface area contributed by atoms with Gasteiger partial charge in [-0.1, -0.05) is 49.4 Å². The molecule has 27 heavy (non-hydrogen) atoms. The van der Waals surface area contributed by atoms with Crippen LogP contribution in [-0.2, 0) is 17.8 Å². The van der Waals surface area contributed by atoms with E-state index in [0.717, 1.165) is 17.3 Å². The van der Waals surface area contributed by atoms with Crippen LogP contribution in [0.5, 0.6) is 5.75 Å². The first kappa shape index (κ1) is 18.7. The average molecular weight is 381 g/mol. The van der Waals surface area contributed by atoms with E-state index in [2.05, 4.69) is 10.2 Å². The summed E-state index contributed by atoms with van der Waals surface area (Å²) in [6.07, 6.45) is 2.07. The molecule has 0 saturated carbocycles. The Morgan fingerprint density at radius 2 is 2.00 bits per heavy atom. The summed E-state index contributed by atoms with van der Waals surface area (Å²) in [6, 6.07) is 16.9. The third-order valence-electron chi connectivity index (χ3n) is 3.55. The molecule has 0 radical (unpaired) electrons. The Hall–Kier alpha value is -3.06. The number of carboxylic acids is 1. The van der Waals surface area contributed by atoms with Crippen molar-refractivity contribution < 1.29 is 19.1 Å². The summed E-state index contributed by atoms with van der Waals surface area (Å²) in [5, 5.41) is 19.3. The van der Waals surface area contributed by atoms with E-state index >= 15 is 0 Å². The van der Waals surface area contributed by atoms with Crippen LogP contribution in [-0.4, -0.2) is 16.2 Å². The first-order valence-corrected chi connectivity index (χ1v) is 9.15. The molecule has 0 aliphatic heterocycles. The largest absolute Gasteiger partial charge is 0.544 e. The van der Waals surface area contributed by atoms with Gasteiger partial charge in [-0.25, -0.2) is 0 Å². The van der Waals surface area contributed by atoms with Gasteiger partial charge < -0.3 is 19.1 Å². The van der Waals surface area contributed by atoms with Gasteiger partial charge in [0.05, 0.1) is 5.97 Å². The summed E-state index contributed by atoms with van der Waals surface area (Å²) in [6.45, 7) is 2.30. The minimum Gasteiger partial charge on any atom is -0.544 e. The van der Waals surface area contributed by atoms with Gasteiger partial charge in [0.15, 0.2) is 0 Å². The summed E-state index contributed by atoms with van der Waals surface area (Å²) in [5.41, 5.74) is 1.72. The van der Waals surface area contributed by atoms with E-state index in [1.807, 2.05) is 43.3 Å². The molecule has 7 heteroatoms. The van der Waals surface area contributed by atoms with Gasteiger partial charge in [-0.15, -0.1) is 10.2 Å². The average Bonchev–Trinajstić information content (AvgIpc) is 3.15. The summed E-state index contributed by atoms with van der Waals surface area (Å²) in [4.78, 5) is 11.4. The molecule has 0 unspecified atom stereocenters. The van der Waals surface area contributed by atoms with Crippen molar-refractivity contribution in [3.05, 3.63) is 76.5 Å². The Kier molecular flexibility index (Phi) is 6.27. The van der Waals surface area contributed by atoms with Crippen molar-refractivity contribution in [2.75, 3.05) is 0 Å². The maximum Gasteiger partial charge on any atom is 0.281 e. The topological polar surface area (TPSA) is 88.3 Å². The van der Waals surface area contributed by atoms with E-state index in [9.17, 15) is 9.90 Å². The lowest BCUT2D eigenvalue weighted by Crippen LogP contribution is -2.23. The van der Waals surface area contributed by atoms with Crippen LogP contribution >= 0.6 is 11.8 Å². The standard InChI is InChI=1S/C20H18N2O4S/c1-2-18-21-22-20(26-18)27-17(19(23)24)12-15-9-6-10-16(11-15)25-13-14-7-4-3-5-8-14/h3-12H,2,13H2,1H3,(H,23,24)/p-1/b17-12-. The molecular weight excluding hydrogens is 364 g/mol. The Labute approximate surface area is 160 Å². The second-order valence-corrected chi connectivity index (χ2v) is 6.55. The number of aliphatic carboxylic acids is 1. The fourth-order valence-electron chi connectivity index (χ4n) is 2.23. The Morgan fingerprint density at radius 1 is 1.19 bits per heavy atom. The minimum atomic E-state index is -1.31. The zero-order valence-corrected chi connectivity index (χ0v) is 15.4. The second-order valence-electron chi connectivity index (χ2n) is 5.56. The SMILES string of the molecule is CCc1nnc(S/C(=C\c2cccc(OCc3ccccc3)c2)C(=O)[O-])o1. The monoisotopic (exact) mass is 381 g/mol. The van der Waals surface area contributed by atoms with E-state index in [0.29, 0.717) is 30.2 Å². The van der Waals surface area contributed by atoms with E-state index in [1.54, 1.807) is 18.2 Å². The molecule has 0 spiro atoms. The van der Waals surface area contributed by atoms with Gasteiger partial charge in [-0.05, 0) is 41.1 Å². The van der Waals surface area contributed by atoms with Crippen LogP contribution in [0, 0.1) is 0 Å². The quantitative estimate of drug-likeness (QED) is 0.437. The van der Waals surface area contributed by atoms with Crippen molar-refractivity contribution in [1.29, 1.82) is 0 Å². The fraction of sp³-hybridized carbons (Fsp3) is 0.150. The number of ether oxygens (including phenoxy) is 1. The van der Waals surface area contributed by atoms with Crippen LogP contribution in [0.4, 0.5) is 0 Å². The van der Waals surface area contributed by atoms with Gasteiger partial charge >= 0.3 is 0 Å². The van der Waals surface area contributed by atoms with E-state index in [1.165, 1.54) is 6.08 Å². The number of hydrogen-bond donors (Lipinski definition) is 0. The number of hydrogen-bond acceptors (Lipinski definition) is 7. The normalized spacial score (nSPS) is 11.4. The van der Waals surface area contributed by atoms with Gasteiger partial charge in [-0.2, -0.15) is 0 Å². The number of aryl methyl sites for hydroxylation is 1. The lowest BCUT2D eigenvalue weighted by molar-refractivity contribution is -0.298. The molecule has 0 amide bonds. The molecule has 1 aromatic heterocycles. The predicted molar refractivity (Wildman–Crippen MR) is 99.7 cm³/mol. The molecule has 2 aromatic carbocycles. The summed E-state index contributed by atoms with van der Waals surface area (Å²) < 4.78 is 11.1. The number of nitrogens with zero attached hydrogens (tertiary/aromatic N) is 2. The first-order valence-electron chi connectivity index (χ1n) is 8.34. The second kappa shape index (κ2) is 9.05. The van der Waals surface area contributed by atoms with E-state index in [4.69, 9.17) is 9.15 Å². The number of carbonyl (C=O) groups excluding carboxylic acids is 1. The molecule has 3 rings (SSSR count). The smallest absolute Gasteiger partial charge is 0.281 e. The van der Waals surface area contributed by atoms with Crippen molar-refractivity contribution in [2.24, 2.45) is 0 Å². The third kappa shape index (κ3) is 5.46. The third-order valence-corrected chi connectivity index (χ3v) is 4.40. The van der Waals surface area contributed by atoms with Crippen LogP contribution in [0.15, 0.2) is 69.1 Å². The van der Waals surface area contributed by atoms with Crippen LogP contribution in [0.2, 0.25) is 0 Å². The van der Waals surface area contributed by atoms with E-state index < -0.39 is 5.97 Å². The predicted octanol–water partition coefficient (Wildman–Crippen LogP) is 3.09. The lowest BCUT2D eigenvalue weighted by Gasteiger charge is -2.08. The van der Waals surface area contributed by atoms with Gasteiger partial charge in [0.25, 0.3) is 5.22 Å².